The third kappa shape index (κ3) is 3.91. The van der Waals surface area contributed by atoms with Gasteiger partial charge in [0.15, 0.2) is 0 Å². The number of carbonyl (C=O) groups excluding carboxylic acids is 1. The minimum atomic E-state index is -4.16. The van der Waals surface area contributed by atoms with Gasteiger partial charge in [-0.1, -0.05) is 6.92 Å². The summed E-state index contributed by atoms with van der Waals surface area (Å²) in [7, 11) is 2.55. The first kappa shape index (κ1) is 16.4. The summed E-state index contributed by atoms with van der Waals surface area (Å²) >= 11 is 0. The summed E-state index contributed by atoms with van der Waals surface area (Å²) in [6, 6.07) is 2.88. The van der Waals surface area contributed by atoms with Crippen LogP contribution < -0.4 is 0 Å². The lowest BCUT2D eigenvalue weighted by Gasteiger charge is -2.16. The number of hydrogen-bond donors (Lipinski definition) is 0. The molecule has 0 saturated heterocycles. The van der Waals surface area contributed by atoms with Gasteiger partial charge in [-0.05, 0) is 12.5 Å². The number of rotatable bonds is 5. The van der Waals surface area contributed by atoms with Gasteiger partial charge in [0.05, 0.1) is 9.82 Å². The molecule has 9 heteroatoms. The van der Waals surface area contributed by atoms with E-state index < -0.39 is 30.5 Å². The average molecular weight is 321 g/mol. The molecule has 1 amide bonds. The van der Waals surface area contributed by atoms with E-state index in [1.165, 1.54) is 11.9 Å². The van der Waals surface area contributed by atoms with Crippen LogP contribution in [0.3, 0.4) is 0 Å². The van der Waals surface area contributed by atoms with Crippen molar-refractivity contribution >= 4 is 31.3 Å². The second-order valence-corrected chi connectivity index (χ2v) is 6.70. The molecule has 1 aromatic carbocycles. The summed E-state index contributed by atoms with van der Waals surface area (Å²) in [6.45, 7) is 2.32. The van der Waals surface area contributed by atoms with Crippen LogP contribution in [0.2, 0.25) is 0 Å². The fourth-order valence-electron chi connectivity index (χ4n) is 1.61. The summed E-state index contributed by atoms with van der Waals surface area (Å²) in [4.78, 5) is 23.0. The molecular formula is C11H13ClN2O5S. The maximum absolute atomic E-state index is 12.1. The molecule has 0 bridgehead atoms. The van der Waals surface area contributed by atoms with Crippen molar-refractivity contribution in [1.29, 1.82) is 0 Å². The minimum absolute atomic E-state index is 0.0885. The van der Waals surface area contributed by atoms with Gasteiger partial charge in [0.1, 0.15) is 0 Å². The second-order valence-electron chi connectivity index (χ2n) is 4.14. The molecule has 0 aliphatic heterocycles. The number of nitrogens with zero attached hydrogens (tertiary/aromatic N) is 2. The van der Waals surface area contributed by atoms with Crippen molar-refractivity contribution in [3.05, 3.63) is 33.9 Å². The summed E-state index contributed by atoms with van der Waals surface area (Å²) < 4.78 is 22.6. The van der Waals surface area contributed by atoms with E-state index in [1.807, 2.05) is 6.92 Å². The molecule has 0 aromatic heterocycles. The van der Waals surface area contributed by atoms with Crippen molar-refractivity contribution in [1.82, 2.24) is 4.90 Å². The highest BCUT2D eigenvalue weighted by molar-refractivity contribution is 8.13. The topological polar surface area (TPSA) is 97.6 Å². The Labute approximate surface area is 120 Å². The summed E-state index contributed by atoms with van der Waals surface area (Å²) in [5.41, 5.74) is -0.589. The second kappa shape index (κ2) is 6.19. The van der Waals surface area contributed by atoms with Crippen molar-refractivity contribution < 1.29 is 18.1 Å². The maximum atomic E-state index is 12.1. The number of benzene rings is 1. The molecule has 0 radical (unpaired) electrons. The van der Waals surface area contributed by atoms with Crippen molar-refractivity contribution in [3.8, 4) is 0 Å². The van der Waals surface area contributed by atoms with Gasteiger partial charge in [0.25, 0.3) is 20.6 Å². The van der Waals surface area contributed by atoms with Gasteiger partial charge < -0.3 is 4.90 Å². The van der Waals surface area contributed by atoms with E-state index in [0.29, 0.717) is 13.0 Å². The van der Waals surface area contributed by atoms with E-state index in [1.54, 1.807) is 0 Å². The summed E-state index contributed by atoms with van der Waals surface area (Å²) in [5, 5.41) is 10.8. The van der Waals surface area contributed by atoms with Gasteiger partial charge in [-0.25, -0.2) is 8.42 Å². The Bertz CT molecular complexity index is 644. The van der Waals surface area contributed by atoms with Crippen LogP contribution in [0.5, 0.6) is 0 Å². The first-order chi connectivity index (χ1) is 9.16. The predicted octanol–water partition coefficient (Wildman–Crippen LogP) is 2.00. The zero-order valence-corrected chi connectivity index (χ0v) is 12.4. The molecule has 0 spiro atoms. The van der Waals surface area contributed by atoms with Crippen molar-refractivity contribution in [2.24, 2.45) is 0 Å². The number of hydrogen-bond acceptors (Lipinski definition) is 5. The first-order valence-electron chi connectivity index (χ1n) is 5.66. The number of carbonyl (C=O) groups is 1. The van der Waals surface area contributed by atoms with E-state index >= 15 is 0 Å². The van der Waals surface area contributed by atoms with Crippen LogP contribution >= 0.6 is 10.7 Å². The predicted molar refractivity (Wildman–Crippen MR) is 73.4 cm³/mol. The molecule has 0 heterocycles. The normalized spacial score (nSPS) is 11.2. The largest absolute Gasteiger partial charge is 0.342 e. The highest BCUT2D eigenvalue weighted by Gasteiger charge is 2.21. The van der Waals surface area contributed by atoms with Crippen molar-refractivity contribution in [2.75, 3.05) is 13.6 Å². The Hall–Kier alpha value is -1.67. The molecule has 7 nitrogen and oxygen atoms in total. The lowest BCUT2D eigenvalue weighted by molar-refractivity contribution is -0.385. The average Bonchev–Trinajstić information content (AvgIpc) is 2.36. The molecule has 0 aliphatic rings. The van der Waals surface area contributed by atoms with E-state index in [2.05, 4.69) is 0 Å². The zero-order chi connectivity index (χ0) is 15.5. The smallest absolute Gasteiger partial charge is 0.271 e. The number of non-ortho nitro benzene ring substituents is 1. The first-order valence-corrected chi connectivity index (χ1v) is 7.97. The van der Waals surface area contributed by atoms with Gasteiger partial charge in [-0.3, -0.25) is 14.9 Å². The monoisotopic (exact) mass is 320 g/mol. The van der Waals surface area contributed by atoms with Crippen LogP contribution in [0.25, 0.3) is 0 Å². The zero-order valence-electron chi connectivity index (χ0n) is 10.9. The molecule has 0 N–H and O–H groups in total. The molecule has 0 atom stereocenters. The third-order valence-electron chi connectivity index (χ3n) is 2.54. The van der Waals surface area contributed by atoms with Crippen molar-refractivity contribution in [3.63, 3.8) is 0 Å². The molecule has 0 saturated carbocycles. The third-order valence-corrected chi connectivity index (χ3v) is 3.87. The van der Waals surface area contributed by atoms with Crippen molar-refractivity contribution in [2.45, 2.75) is 18.2 Å². The van der Waals surface area contributed by atoms with E-state index in [0.717, 1.165) is 18.2 Å². The van der Waals surface area contributed by atoms with Gasteiger partial charge in [-0.15, -0.1) is 0 Å². The Morgan fingerprint density at radius 2 is 2.00 bits per heavy atom. The number of nitro benzene ring substituents is 1. The highest BCUT2D eigenvalue weighted by atomic mass is 35.7. The molecule has 1 rings (SSSR count). The summed E-state index contributed by atoms with van der Waals surface area (Å²) in [5.74, 6) is -0.503. The maximum Gasteiger partial charge on any atom is 0.271 e. The van der Waals surface area contributed by atoms with Gasteiger partial charge in [-0.2, -0.15) is 0 Å². The molecule has 20 heavy (non-hydrogen) atoms. The van der Waals surface area contributed by atoms with Crippen LogP contribution in [0.1, 0.15) is 23.7 Å². The Morgan fingerprint density at radius 1 is 1.40 bits per heavy atom. The molecule has 0 aliphatic carbocycles. The van der Waals surface area contributed by atoms with Crippen LogP contribution in [0.4, 0.5) is 5.69 Å². The lowest BCUT2D eigenvalue weighted by Crippen LogP contribution is -2.27. The fraction of sp³-hybridized carbons (Fsp3) is 0.364. The number of halogens is 1. The van der Waals surface area contributed by atoms with Gasteiger partial charge >= 0.3 is 0 Å². The van der Waals surface area contributed by atoms with E-state index in [-0.39, 0.29) is 5.56 Å². The standard InChI is InChI=1S/C11H13ClN2O5S/c1-3-4-13(2)11(15)8-5-9(14(16)17)7-10(6-8)20(12,18)19/h5-7H,3-4H2,1-2H3. The Balaban J connectivity index is 3.37. The quantitative estimate of drug-likeness (QED) is 0.469. The van der Waals surface area contributed by atoms with Crippen LogP contribution in [0.15, 0.2) is 23.1 Å². The molecule has 110 valence electrons. The minimum Gasteiger partial charge on any atom is -0.342 e. The Morgan fingerprint density at radius 3 is 2.45 bits per heavy atom. The van der Waals surface area contributed by atoms with Crippen LogP contribution in [-0.2, 0) is 9.05 Å². The van der Waals surface area contributed by atoms with Gasteiger partial charge in [0.2, 0.25) is 0 Å². The van der Waals surface area contributed by atoms with E-state index in [4.69, 9.17) is 10.7 Å². The number of amides is 1. The summed E-state index contributed by atoms with van der Waals surface area (Å²) in [6.07, 6.45) is 0.706. The van der Waals surface area contributed by atoms with Gasteiger partial charge in [0, 0.05) is 42.0 Å². The van der Waals surface area contributed by atoms with Crippen LogP contribution in [-0.4, -0.2) is 37.7 Å². The molecule has 1 aromatic rings. The lowest BCUT2D eigenvalue weighted by atomic mass is 10.1. The van der Waals surface area contributed by atoms with E-state index in [9.17, 15) is 23.3 Å². The van der Waals surface area contributed by atoms with Crippen LogP contribution in [0, 0.1) is 10.1 Å². The molecule has 0 fully saturated rings. The SMILES string of the molecule is CCCN(C)C(=O)c1cc([N+](=O)[O-])cc(S(=O)(=O)Cl)c1. The molecule has 0 unspecified atom stereocenters. The molecular weight excluding hydrogens is 308 g/mol. The number of nitro groups is 1. The Kier molecular flexibility index (Phi) is 5.07. The fourth-order valence-corrected chi connectivity index (χ4v) is 2.41. The highest BCUT2D eigenvalue weighted by Crippen LogP contribution is 2.24.